The zero-order chi connectivity index (χ0) is 13.1. The van der Waals surface area contributed by atoms with Crippen LogP contribution in [-0.4, -0.2) is 12.6 Å². The summed E-state index contributed by atoms with van der Waals surface area (Å²) >= 11 is 0. The average molecular weight is 249 g/mol. The summed E-state index contributed by atoms with van der Waals surface area (Å²) in [6.07, 6.45) is 0.976. The van der Waals surface area contributed by atoms with Crippen molar-refractivity contribution in [1.29, 1.82) is 5.26 Å². The van der Waals surface area contributed by atoms with Gasteiger partial charge in [0.2, 0.25) is 0 Å². The molecule has 3 nitrogen and oxygen atoms in total. The quantitative estimate of drug-likeness (QED) is 0.860. The molecular formula is C16H15N3. The summed E-state index contributed by atoms with van der Waals surface area (Å²) in [7, 11) is 0. The number of nitrogens with one attached hydrogen (secondary N) is 2. The fraction of sp³-hybridized carbons (Fsp3) is 0.188. The normalized spacial score (nSPS) is 16.7. The van der Waals surface area contributed by atoms with E-state index in [4.69, 9.17) is 5.26 Å². The van der Waals surface area contributed by atoms with Crippen molar-refractivity contribution in [3.8, 4) is 6.07 Å². The number of benzene rings is 2. The summed E-state index contributed by atoms with van der Waals surface area (Å²) in [6, 6.07) is 18.7. The lowest BCUT2D eigenvalue weighted by molar-refractivity contribution is 0.734. The van der Waals surface area contributed by atoms with E-state index in [2.05, 4.69) is 41.0 Å². The Balaban J connectivity index is 1.76. The van der Waals surface area contributed by atoms with Crippen LogP contribution in [0.4, 0.5) is 11.4 Å². The predicted octanol–water partition coefficient (Wildman–Crippen LogP) is 3.01. The Kier molecular flexibility index (Phi) is 3.07. The maximum absolute atomic E-state index is 8.94. The van der Waals surface area contributed by atoms with Gasteiger partial charge >= 0.3 is 0 Å². The van der Waals surface area contributed by atoms with E-state index in [-0.39, 0.29) is 0 Å². The molecule has 1 aliphatic rings. The van der Waals surface area contributed by atoms with Crippen LogP contribution in [0.5, 0.6) is 0 Å². The van der Waals surface area contributed by atoms with Gasteiger partial charge in [-0.15, -0.1) is 0 Å². The third-order valence-corrected chi connectivity index (χ3v) is 3.37. The van der Waals surface area contributed by atoms with Crippen LogP contribution in [0.1, 0.15) is 11.1 Å². The Bertz CT molecular complexity index is 614. The van der Waals surface area contributed by atoms with Gasteiger partial charge in [-0.3, -0.25) is 0 Å². The van der Waals surface area contributed by atoms with Crippen LogP contribution in [0.2, 0.25) is 0 Å². The molecule has 0 aromatic heterocycles. The fourth-order valence-electron chi connectivity index (χ4n) is 2.41. The Hall–Kier alpha value is -2.47. The molecule has 1 aliphatic heterocycles. The molecule has 0 saturated heterocycles. The van der Waals surface area contributed by atoms with Crippen LogP contribution in [0.15, 0.2) is 48.5 Å². The van der Waals surface area contributed by atoms with Crippen molar-refractivity contribution in [2.24, 2.45) is 0 Å². The summed E-state index contributed by atoms with van der Waals surface area (Å²) < 4.78 is 0. The molecule has 0 aliphatic carbocycles. The Morgan fingerprint density at radius 1 is 1.11 bits per heavy atom. The molecule has 3 heteroatoms. The summed E-state index contributed by atoms with van der Waals surface area (Å²) in [5, 5.41) is 15.9. The highest BCUT2D eigenvalue weighted by Crippen LogP contribution is 2.27. The molecule has 0 unspecified atom stereocenters. The van der Waals surface area contributed by atoms with E-state index in [9.17, 15) is 0 Å². The van der Waals surface area contributed by atoms with Crippen molar-refractivity contribution in [3.63, 3.8) is 0 Å². The second kappa shape index (κ2) is 5.03. The van der Waals surface area contributed by atoms with Gasteiger partial charge in [-0.2, -0.15) is 5.26 Å². The lowest BCUT2D eigenvalue weighted by Gasteiger charge is -2.28. The molecule has 94 valence electrons. The first kappa shape index (κ1) is 11.6. The monoisotopic (exact) mass is 249 g/mol. The van der Waals surface area contributed by atoms with E-state index in [1.807, 2.05) is 24.3 Å². The number of hydrogen-bond donors (Lipinski definition) is 2. The molecule has 0 bridgehead atoms. The van der Waals surface area contributed by atoms with Crippen molar-refractivity contribution in [2.75, 3.05) is 17.2 Å². The first-order valence-corrected chi connectivity index (χ1v) is 6.43. The molecule has 3 rings (SSSR count). The second-order valence-electron chi connectivity index (χ2n) is 4.78. The highest BCUT2D eigenvalue weighted by Gasteiger charge is 2.17. The third-order valence-electron chi connectivity index (χ3n) is 3.37. The minimum atomic E-state index is 0.351. The van der Waals surface area contributed by atoms with Crippen LogP contribution >= 0.6 is 0 Å². The number of nitrogens with zero attached hydrogens (tertiary/aromatic N) is 1. The molecule has 0 fully saturated rings. The van der Waals surface area contributed by atoms with E-state index in [1.165, 1.54) is 5.56 Å². The molecule has 2 N–H and O–H groups in total. The zero-order valence-corrected chi connectivity index (χ0v) is 10.6. The molecule has 1 heterocycles. The maximum atomic E-state index is 8.94. The van der Waals surface area contributed by atoms with E-state index in [0.29, 0.717) is 11.6 Å². The smallest absolute Gasteiger partial charge is 0.0992 e. The van der Waals surface area contributed by atoms with Crippen LogP contribution in [-0.2, 0) is 6.42 Å². The topological polar surface area (TPSA) is 47.9 Å². The van der Waals surface area contributed by atoms with Gasteiger partial charge in [0, 0.05) is 12.6 Å². The van der Waals surface area contributed by atoms with E-state index < -0.39 is 0 Å². The minimum Gasteiger partial charge on any atom is -0.381 e. The van der Waals surface area contributed by atoms with E-state index in [0.717, 1.165) is 24.3 Å². The highest BCUT2D eigenvalue weighted by atomic mass is 15.1. The maximum Gasteiger partial charge on any atom is 0.0992 e. The van der Waals surface area contributed by atoms with E-state index in [1.54, 1.807) is 0 Å². The number of nitriles is 1. The Morgan fingerprint density at radius 2 is 1.95 bits per heavy atom. The van der Waals surface area contributed by atoms with Crippen molar-refractivity contribution in [3.05, 3.63) is 59.7 Å². The summed E-state index contributed by atoms with van der Waals surface area (Å²) in [6.45, 7) is 0.897. The van der Waals surface area contributed by atoms with Gasteiger partial charge in [0.05, 0.1) is 23.0 Å². The van der Waals surface area contributed by atoms with Gasteiger partial charge < -0.3 is 10.6 Å². The van der Waals surface area contributed by atoms with Crippen LogP contribution in [0.25, 0.3) is 0 Å². The third kappa shape index (κ3) is 2.53. The first-order valence-electron chi connectivity index (χ1n) is 6.43. The molecule has 0 spiro atoms. The highest BCUT2D eigenvalue weighted by molar-refractivity contribution is 5.73. The standard InChI is InChI=1S/C16H15N3/c17-10-13-6-7-15-16(9-13)19-14(11-18-15)8-12-4-2-1-3-5-12/h1-7,9,14,18-19H,8,11H2/t14-/m1/s1. The molecule has 2 aromatic carbocycles. The second-order valence-corrected chi connectivity index (χ2v) is 4.78. The van der Waals surface area contributed by atoms with Crippen LogP contribution < -0.4 is 10.6 Å². The molecular weight excluding hydrogens is 234 g/mol. The fourth-order valence-corrected chi connectivity index (χ4v) is 2.41. The molecule has 0 saturated carbocycles. The van der Waals surface area contributed by atoms with Gasteiger partial charge in [-0.1, -0.05) is 30.3 Å². The van der Waals surface area contributed by atoms with Crippen molar-refractivity contribution >= 4 is 11.4 Å². The molecule has 2 aromatic rings. The van der Waals surface area contributed by atoms with Crippen LogP contribution in [0, 0.1) is 11.3 Å². The van der Waals surface area contributed by atoms with Gasteiger partial charge in [0.1, 0.15) is 0 Å². The molecule has 19 heavy (non-hydrogen) atoms. The first-order chi connectivity index (χ1) is 9.35. The van der Waals surface area contributed by atoms with Gasteiger partial charge in [0.25, 0.3) is 0 Å². The lowest BCUT2D eigenvalue weighted by Crippen LogP contribution is -2.34. The SMILES string of the molecule is N#Cc1ccc2c(c1)N[C@H](Cc1ccccc1)CN2. The number of fused-ring (bicyclic) bond motifs is 1. The van der Waals surface area contributed by atoms with Gasteiger partial charge in [-0.05, 0) is 30.2 Å². The van der Waals surface area contributed by atoms with Gasteiger partial charge in [-0.25, -0.2) is 0 Å². The van der Waals surface area contributed by atoms with Crippen LogP contribution in [0.3, 0.4) is 0 Å². The van der Waals surface area contributed by atoms with Gasteiger partial charge in [0.15, 0.2) is 0 Å². The van der Waals surface area contributed by atoms with Crippen molar-refractivity contribution in [1.82, 2.24) is 0 Å². The predicted molar refractivity (Wildman–Crippen MR) is 77.2 cm³/mol. The zero-order valence-electron chi connectivity index (χ0n) is 10.6. The van der Waals surface area contributed by atoms with Crippen molar-refractivity contribution in [2.45, 2.75) is 12.5 Å². The number of hydrogen-bond acceptors (Lipinski definition) is 3. The largest absolute Gasteiger partial charge is 0.381 e. The minimum absolute atomic E-state index is 0.351. The summed E-state index contributed by atoms with van der Waals surface area (Å²) in [5.74, 6) is 0. The molecule has 0 radical (unpaired) electrons. The Labute approximate surface area is 112 Å². The average Bonchev–Trinajstić information content (AvgIpc) is 2.47. The number of rotatable bonds is 2. The Morgan fingerprint density at radius 3 is 2.74 bits per heavy atom. The number of anilines is 2. The lowest BCUT2D eigenvalue weighted by atomic mass is 10.0. The molecule has 1 atom stereocenters. The molecule has 0 amide bonds. The summed E-state index contributed by atoms with van der Waals surface area (Å²) in [4.78, 5) is 0. The van der Waals surface area contributed by atoms with Crippen molar-refractivity contribution < 1.29 is 0 Å². The summed E-state index contributed by atoms with van der Waals surface area (Å²) in [5.41, 5.74) is 4.10. The van der Waals surface area contributed by atoms with E-state index >= 15 is 0 Å².